The van der Waals surface area contributed by atoms with Crippen molar-refractivity contribution in [1.82, 2.24) is 10.3 Å². The summed E-state index contributed by atoms with van der Waals surface area (Å²) < 4.78 is 24.0. The number of oxazole rings is 1. The van der Waals surface area contributed by atoms with Gasteiger partial charge in [-0.05, 0) is 43.3 Å². The minimum Gasteiger partial charge on any atom is -0.484 e. The number of aromatic nitrogens is 1. The molecule has 0 aliphatic carbocycles. The highest BCUT2D eigenvalue weighted by molar-refractivity contribution is 5.77. The molecule has 0 aliphatic heterocycles. The molecule has 2 aromatic carbocycles. The number of rotatable bonds is 7. The molecule has 0 spiro atoms. The van der Waals surface area contributed by atoms with Gasteiger partial charge in [0.15, 0.2) is 6.61 Å². The van der Waals surface area contributed by atoms with Crippen molar-refractivity contribution in [3.63, 3.8) is 0 Å². The molecule has 0 bridgehead atoms. The number of para-hydroxylation sites is 1. The van der Waals surface area contributed by atoms with E-state index in [0.29, 0.717) is 35.9 Å². The number of hydrogen-bond donors (Lipinski definition) is 1. The number of nitrogens with zero attached hydrogens (tertiary/aromatic N) is 1. The van der Waals surface area contributed by atoms with Crippen LogP contribution in [0.4, 0.5) is 4.39 Å². The molecule has 1 N–H and O–H groups in total. The number of carbonyl (C=O) groups is 1. The zero-order valence-corrected chi connectivity index (χ0v) is 14.4. The van der Waals surface area contributed by atoms with E-state index in [1.54, 1.807) is 24.3 Å². The van der Waals surface area contributed by atoms with Crippen molar-refractivity contribution in [2.24, 2.45) is 0 Å². The van der Waals surface area contributed by atoms with Crippen LogP contribution >= 0.6 is 0 Å². The molecule has 134 valence electrons. The minimum atomic E-state index is -0.308. The SMILES string of the molecule is Cc1oc(-c2ccc(F)cc2)nc1CCNC(=O)COc1ccccc1. The zero-order chi connectivity index (χ0) is 18.4. The number of hydrogen-bond acceptors (Lipinski definition) is 4. The maximum absolute atomic E-state index is 13.0. The summed E-state index contributed by atoms with van der Waals surface area (Å²) in [7, 11) is 0. The van der Waals surface area contributed by atoms with Gasteiger partial charge in [-0.25, -0.2) is 9.37 Å². The fourth-order valence-corrected chi connectivity index (χ4v) is 2.41. The number of benzene rings is 2. The van der Waals surface area contributed by atoms with Gasteiger partial charge in [-0.15, -0.1) is 0 Å². The van der Waals surface area contributed by atoms with E-state index in [4.69, 9.17) is 9.15 Å². The predicted octanol–water partition coefficient (Wildman–Crippen LogP) is 3.53. The summed E-state index contributed by atoms with van der Waals surface area (Å²) in [5.74, 6) is 1.26. The maximum atomic E-state index is 13.0. The molecule has 0 saturated carbocycles. The summed E-state index contributed by atoms with van der Waals surface area (Å²) in [5.41, 5.74) is 1.47. The second kappa shape index (κ2) is 8.29. The third kappa shape index (κ3) is 4.69. The smallest absolute Gasteiger partial charge is 0.257 e. The van der Waals surface area contributed by atoms with Crippen LogP contribution < -0.4 is 10.1 Å². The van der Waals surface area contributed by atoms with Gasteiger partial charge in [-0.3, -0.25) is 4.79 Å². The molecule has 3 rings (SSSR count). The van der Waals surface area contributed by atoms with E-state index < -0.39 is 0 Å². The highest BCUT2D eigenvalue weighted by Crippen LogP contribution is 2.22. The molecule has 0 fully saturated rings. The average molecular weight is 354 g/mol. The third-order valence-electron chi connectivity index (χ3n) is 3.78. The first kappa shape index (κ1) is 17.7. The molecule has 0 atom stereocenters. The quantitative estimate of drug-likeness (QED) is 0.705. The summed E-state index contributed by atoms with van der Waals surface area (Å²) in [6.45, 7) is 2.20. The standard InChI is InChI=1S/C20H19FN2O3/c1-14-18(23-20(26-14)15-7-9-16(21)10-8-15)11-12-22-19(24)13-25-17-5-3-2-4-6-17/h2-10H,11-13H2,1H3,(H,22,24). The predicted molar refractivity (Wildman–Crippen MR) is 95.3 cm³/mol. The lowest BCUT2D eigenvalue weighted by Gasteiger charge is -2.06. The van der Waals surface area contributed by atoms with Gasteiger partial charge in [-0.1, -0.05) is 18.2 Å². The van der Waals surface area contributed by atoms with E-state index in [9.17, 15) is 9.18 Å². The average Bonchev–Trinajstić information content (AvgIpc) is 3.02. The topological polar surface area (TPSA) is 64.4 Å². The summed E-state index contributed by atoms with van der Waals surface area (Å²) in [6.07, 6.45) is 0.535. The van der Waals surface area contributed by atoms with Gasteiger partial charge in [0.1, 0.15) is 17.3 Å². The largest absolute Gasteiger partial charge is 0.484 e. The highest BCUT2D eigenvalue weighted by Gasteiger charge is 2.12. The van der Waals surface area contributed by atoms with E-state index in [0.717, 1.165) is 5.69 Å². The van der Waals surface area contributed by atoms with Gasteiger partial charge in [0.05, 0.1) is 5.69 Å². The van der Waals surface area contributed by atoms with Gasteiger partial charge < -0.3 is 14.5 Å². The van der Waals surface area contributed by atoms with Gasteiger partial charge in [0.25, 0.3) is 5.91 Å². The first-order valence-electron chi connectivity index (χ1n) is 8.28. The summed E-state index contributed by atoms with van der Waals surface area (Å²) in [6, 6.07) is 15.1. The molecule has 1 heterocycles. The number of nitrogens with one attached hydrogen (secondary N) is 1. The Morgan fingerprint density at radius 1 is 1.15 bits per heavy atom. The molecular formula is C20H19FN2O3. The lowest BCUT2D eigenvalue weighted by atomic mass is 10.2. The van der Waals surface area contributed by atoms with Crippen LogP contribution in [0.3, 0.4) is 0 Å². The van der Waals surface area contributed by atoms with Crippen molar-refractivity contribution in [2.75, 3.05) is 13.2 Å². The van der Waals surface area contributed by atoms with Crippen LogP contribution in [-0.4, -0.2) is 24.0 Å². The molecule has 1 amide bonds. The van der Waals surface area contributed by atoms with Crippen LogP contribution in [0.5, 0.6) is 5.75 Å². The molecule has 5 nitrogen and oxygen atoms in total. The van der Waals surface area contributed by atoms with Gasteiger partial charge in [-0.2, -0.15) is 0 Å². The Morgan fingerprint density at radius 2 is 1.88 bits per heavy atom. The zero-order valence-electron chi connectivity index (χ0n) is 14.4. The van der Waals surface area contributed by atoms with Crippen LogP contribution in [0.15, 0.2) is 59.0 Å². The van der Waals surface area contributed by atoms with E-state index in [1.807, 2.05) is 25.1 Å². The van der Waals surface area contributed by atoms with E-state index in [2.05, 4.69) is 10.3 Å². The number of amides is 1. The maximum Gasteiger partial charge on any atom is 0.257 e. The Hall–Kier alpha value is -3.15. The van der Waals surface area contributed by atoms with Crippen molar-refractivity contribution in [3.05, 3.63) is 71.9 Å². The van der Waals surface area contributed by atoms with Crippen molar-refractivity contribution >= 4 is 5.91 Å². The number of halogens is 1. The number of ether oxygens (including phenoxy) is 1. The summed E-state index contributed by atoms with van der Waals surface area (Å²) >= 11 is 0. The fourth-order valence-electron chi connectivity index (χ4n) is 2.41. The monoisotopic (exact) mass is 354 g/mol. The fraction of sp³-hybridized carbons (Fsp3) is 0.200. The van der Waals surface area contributed by atoms with Gasteiger partial charge >= 0.3 is 0 Å². The Morgan fingerprint density at radius 3 is 2.62 bits per heavy atom. The van der Waals surface area contributed by atoms with Crippen LogP contribution in [0.2, 0.25) is 0 Å². The lowest BCUT2D eigenvalue weighted by Crippen LogP contribution is -2.30. The molecule has 3 aromatic rings. The minimum absolute atomic E-state index is 0.0390. The third-order valence-corrected chi connectivity index (χ3v) is 3.78. The second-order valence-electron chi connectivity index (χ2n) is 5.73. The molecular weight excluding hydrogens is 335 g/mol. The van der Waals surface area contributed by atoms with E-state index in [-0.39, 0.29) is 18.3 Å². The lowest BCUT2D eigenvalue weighted by molar-refractivity contribution is -0.123. The Balaban J connectivity index is 1.49. The Labute approximate surface area is 150 Å². The van der Waals surface area contributed by atoms with Crippen LogP contribution in [0.1, 0.15) is 11.5 Å². The molecule has 0 saturated heterocycles. The van der Waals surface area contributed by atoms with Crippen LogP contribution in [0.25, 0.3) is 11.5 Å². The number of carbonyl (C=O) groups excluding carboxylic acids is 1. The van der Waals surface area contributed by atoms with E-state index in [1.165, 1.54) is 12.1 Å². The van der Waals surface area contributed by atoms with Crippen LogP contribution in [-0.2, 0) is 11.2 Å². The first-order chi connectivity index (χ1) is 12.6. The molecule has 6 heteroatoms. The molecule has 1 aromatic heterocycles. The summed E-state index contributed by atoms with van der Waals surface area (Å²) in [5, 5.41) is 2.79. The van der Waals surface area contributed by atoms with Gasteiger partial charge in [0.2, 0.25) is 5.89 Å². The normalized spacial score (nSPS) is 10.5. The van der Waals surface area contributed by atoms with Crippen molar-refractivity contribution < 1.29 is 18.3 Å². The molecule has 0 unspecified atom stereocenters. The van der Waals surface area contributed by atoms with Crippen molar-refractivity contribution in [1.29, 1.82) is 0 Å². The molecule has 26 heavy (non-hydrogen) atoms. The van der Waals surface area contributed by atoms with Crippen LogP contribution in [0, 0.1) is 12.7 Å². The molecule has 0 aliphatic rings. The summed E-state index contributed by atoms with van der Waals surface area (Å²) in [4.78, 5) is 16.3. The Bertz CT molecular complexity index is 861. The van der Waals surface area contributed by atoms with Gasteiger partial charge in [0, 0.05) is 18.5 Å². The van der Waals surface area contributed by atoms with E-state index >= 15 is 0 Å². The second-order valence-corrected chi connectivity index (χ2v) is 5.73. The molecule has 0 radical (unpaired) electrons. The Kier molecular flexibility index (Phi) is 5.63. The first-order valence-corrected chi connectivity index (χ1v) is 8.28. The van der Waals surface area contributed by atoms with Crippen molar-refractivity contribution in [2.45, 2.75) is 13.3 Å². The number of aryl methyl sites for hydroxylation is 1. The highest BCUT2D eigenvalue weighted by atomic mass is 19.1. The van der Waals surface area contributed by atoms with Crippen molar-refractivity contribution in [3.8, 4) is 17.2 Å².